The molecule has 1 fully saturated rings. The number of hydrogen-bond donors (Lipinski definition) is 1. The summed E-state index contributed by atoms with van der Waals surface area (Å²) >= 11 is 1.65. The molecule has 0 bridgehead atoms. The van der Waals surface area contributed by atoms with Crippen LogP contribution in [0.5, 0.6) is 0 Å². The summed E-state index contributed by atoms with van der Waals surface area (Å²) in [5.74, 6) is 0. The highest BCUT2D eigenvalue weighted by Gasteiger charge is 2.27. The molecule has 0 amide bonds. The minimum atomic E-state index is 0.0161. The monoisotopic (exact) mass is 212 g/mol. The minimum absolute atomic E-state index is 0.0161. The first-order valence-electron chi connectivity index (χ1n) is 5.01. The summed E-state index contributed by atoms with van der Waals surface area (Å²) in [6.45, 7) is 4.97. The molecule has 1 aliphatic rings. The quantitative estimate of drug-likeness (QED) is 0.829. The second kappa shape index (κ2) is 4.38. The predicted molar refractivity (Wildman–Crippen MR) is 57.4 cm³/mol. The Morgan fingerprint density at radius 2 is 2.64 bits per heavy atom. The van der Waals surface area contributed by atoms with Crippen LogP contribution in [0.1, 0.15) is 24.6 Å². The van der Waals surface area contributed by atoms with Crippen molar-refractivity contribution in [2.45, 2.75) is 32.0 Å². The van der Waals surface area contributed by atoms with E-state index >= 15 is 0 Å². The first-order valence-corrected chi connectivity index (χ1v) is 5.89. The van der Waals surface area contributed by atoms with Gasteiger partial charge in [-0.15, -0.1) is 11.3 Å². The van der Waals surface area contributed by atoms with Crippen LogP contribution in [0.4, 0.5) is 0 Å². The molecule has 1 unspecified atom stereocenters. The van der Waals surface area contributed by atoms with Crippen LogP contribution in [0.2, 0.25) is 0 Å². The van der Waals surface area contributed by atoms with Gasteiger partial charge < -0.3 is 10.1 Å². The maximum atomic E-state index is 5.92. The first-order chi connectivity index (χ1) is 6.79. The smallest absolute Gasteiger partial charge is 0.0833 e. The third-order valence-corrected chi connectivity index (χ3v) is 3.36. The fourth-order valence-corrected chi connectivity index (χ4v) is 2.22. The van der Waals surface area contributed by atoms with Crippen LogP contribution in [0, 0.1) is 0 Å². The predicted octanol–water partition coefficient (Wildman–Crippen LogP) is 1.80. The molecule has 1 N–H and O–H groups in total. The number of piperidine rings is 1. The van der Waals surface area contributed by atoms with Gasteiger partial charge in [-0.05, 0) is 26.3 Å². The van der Waals surface area contributed by atoms with Crippen molar-refractivity contribution in [3.8, 4) is 0 Å². The lowest BCUT2D eigenvalue weighted by molar-refractivity contribution is -0.0561. The Morgan fingerprint density at radius 1 is 1.71 bits per heavy atom. The second-order valence-corrected chi connectivity index (χ2v) is 4.96. The molecular weight excluding hydrogens is 196 g/mol. The highest BCUT2D eigenvalue weighted by molar-refractivity contribution is 7.09. The average molecular weight is 212 g/mol. The number of nitrogens with one attached hydrogen (secondary N) is 1. The molecule has 1 aromatic heterocycles. The molecule has 0 saturated carbocycles. The van der Waals surface area contributed by atoms with Crippen LogP contribution in [-0.4, -0.2) is 23.7 Å². The molecule has 2 rings (SSSR count). The largest absolute Gasteiger partial charge is 0.368 e. The normalized spacial score (nSPS) is 27.8. The SMILES string of the molecule is CC1(OCc2cncs2)CCCNC1. The van der Waals surface area contributed by atoms with Gasteiger partial charge in [-0.25, -0.2) is 0 Å². The molecule has 0 spiro atoms. The van der Waals surface area contributed by atoms with E-state index in [1.165, 1.54) is 11.3 Å². The van der Waals surface area contributed by atoms with Gasteiger partial charge >= 0.3 is 0 Å². The Hall–Kier alpha value is -0.450. The summed E-state index contributed by atoms with van der Waals surface area (Å²) in [7, 11) is 0. The lowest BCUT2D eigenvalue weighted by Gasteiger charge is -2.33. The topological polar surface area (TPSA) is 34.1 Å². The van der Waals surface area contributed by atoms with E-state index in [0.717, 1.165) is 19.5 Å². The van der Waals surface area contributed by atoms with Gasteiger partial charge in [0.1, 0.15) is 0 Å². The van der Waals surface area contributed by atoms with Crippen LogP contribution < -0.4 is 5.32 Å². The fourth-order valence-electron chi connectivity index (χ4n) is 1.71. The summed E-state index contributed by atoms with van der Waals surface area (Å²) in [5.41, 5.74) is 1.86. The number of aromatic nitrogens is 1. The van der Waals surface area contributed by atoms with Crippen LogP contribution in [0.3, 0.4) is 0 Å². The van der Waals surface area contributed by atoms with Crippen molar-refractivity contribution in [1.29, 1.82) is 0 Å². The molecule has 1 aliphatic heterocycles. The molecular formula is C10H16N2OS. The van der Waals surface area contributed by atoms with Gasteiger partial charge in [-0.3, -0.25) is 4.98 Å². The Kier molecular flexibility index (Phi) is 3.15. The molecule has 0 aliphatic carbocycles. The van der Waals surface area contributed by atoms with Crippen molar-refractivity contribution in [2.75, 3.05) is 13.1 Å². The van der Waals surface area contributed by atoms with E-state index in [9.17, 15) is 0 Å². The van der Waals surface area contributed by atoms with Gasteiger partial charge in [0.05, 0.1) is 22.6 Å². The van der Waals surface area contributed by atoms with E-state index < -0.39 is 0 Å². The maximum Gasteiger partial charge on any atom is 0.0833 e. The minimum Gasteiger partial charge on any atom is -0.368 e. The summed E-state index contributed by atoms with van der Waals surface area (Å²) in [6.07, 6.45) is 4.24. The van der Waals surface area contributed by atoms with E-state index in [-0.39, 0.29) is 5.60 Å². The van der Waals surface area contributed by atoms with E-state index in [0.29, 0.717) is 6.61 Å². The molecule has 4 heteroatoms. The lowest BCUT2D eigenvalue weighted by atomic mass is 9.96. The van der Waals surface area contributed by atoms with Crippen molar-refractivity contribution in [3.63, 3.8) is 0 Å². The number of rotatable bonds is 3. The van der Waals surface area contributed by atoms with E-state index in [1.54, 1.807) is 11.3 Å². The second-order valence-electron chi connectivity index (χ2n) is 3.99. The van der Waals surface area contributed by atoms with E-state index in [4.69, 9.17) is 4.74 Å². The maximum absolute atomic E-state index is 5.92. The average Bonchev–Trinajstić information content (AvgIpc) is 2.69. The Labute approximate surface area is 88.5 Å². The van der Waals surface area contributed by atoms with Gasteiger partial charge in [0.25, 0.3) is 0 Å². The highest BCUT2D eigenvalue weighted by Crippen LogP contribution is 2.22. The summed E-state index contributed by atoms with van der Waals surface area (Å²) < 4.78 is 5.92. The Bertz CT molecular complexity index is 268. The van der Waals surface area contributed by atoms with Gasteiger partial charge in [0, 0.05) is 12.7 Å². The fraction of sp³-hybridized carbons (Fsp3) is 0.700. The molecule has 14 heavy (non-hydrogen) atoms. The van der Waals surface area contributed by atoms with Gasteiger partial charge in [0.2, 0.25) is 0 Å². The van der Waals surface area contributed by atoms with Gasteiger partial charge in [-0.1, -0.05) is 0 Å². The zero-order chi connectivity index (χ0) is 9.86. The molecule has 1 saturated heterocycles. The molecule has 1 aromatic rings. The van der Waals surface area contributed by atoms with Crippen LogP contribution in [0.25, 0.3) is 0 Å². The summed E-state index contributed by atoms with van der Waals surface area (Å²) in [6, 6.07) is 0. The van der Waals surface area contributed by atoms with Crippen molar-refractivity contribution in [3.05, 3.63) is 16.6 Å². The standard InChI is InChI=1S/C10H16N2OS/c1-10(3-2-4-11-7-10)13-6-9-5-12-8-14-9/h5,8,11H,2-4,6-7H2,1H3. The number of hydrogen-bond acceptors (Lipinski definition) is 4. The van der Waals surface area contributed by atoms with Crippen molar-refractivity contribution >= 4 is 11.3 Å². The lowest BCUT2D eigenvalue weighted by Crippen LogP contribution is -2.45. The molecule has 2 heterocycles. The Morgan fingerprint density at radius 3 is 3.29 bits per heavy atom. The third kappa shape index (κ3) is 2.53. The summed E-state index contributed by atoms with van der Waals surface area (Å²) in [4.78, 5) is 5.24. The molecule has 1 atom stereocenters. The van der Waals surface area contributed by atoms with E-state index in [2.05, 4.69) is 17.2 Å². The zero-order valence-electron chi connectivity index (χ0n) is 8.45. The number of ether oxygens (including phenoxy) is 1. The van der Waals surface area contributed by atoms with Crippen LogP contribution >= 0.6 is 11.3 Å². The Balaban J connectivity index is 1.84. The highest BCUT2D eigenvalue weighted by atomic mass is 32.1. The van der Waals surface area contributed by atoms with Crippen molar-refractivity contribution < 1.29 is 4.74 Å². The molecule has 0 radical (unpaired) electrons. The van der Waals surface area contributed by atoms with Crippen molar-refractivity contribution in [1.82, 2.24) is 10.3 Å². The first kappa shape index (κ1) is 10.1. The number of nitrogens with zero attached hydrogens (tertiary/aromatic N) is 1. The third-order valence-electron chi connectivity index (χ3n) is 2.60. The molecule has 3 nitrogen and oxygen atoms in total. The van der Waals surface area contributed by atoms with Gasteiger partial charge in [-0.2, -0.15) is 0 Å². The van der Waals surface area contributed by atoms with Crippen LogP contribution in [-0.2, 0) is 11.3 Å². The van der Waals surface area contributed by atoms with Crippen LogP contribution in [0.15, 0.2) is 11.7 Å². The number of thiazole rings is 1. The van der Waals surface area contributed by atoms with Gasteiger partial charge in [0.15, 0.2) is 0 Å². The van der Waals surface area contributed by atoms with Crippen molar-refractivity contribution in [2.24, 2.45) is 0 Å². The molecule has 0 aromatic carbocycles. The summed E-state index contributed by atoms with van der Waals surface area (Å²) in [5, 5.41) is 3.37. The zero-order valence-corrected chi connectivity index (χ0v) is 9.27. The molecule has 78 valence electrons. The van der Waals surface area contributed by atoms with E-state index in [1.807, 2.05) is 11.7 Å².